The summed E-state index contributed by atoms with van der Waals surface area (Å²) in [6.45, 7) is 0.679. The fraction of sp³-hybridized carbons (Fsp3) is 0.200. The van der Waals surface area contributed by atoms with Crippen LogP contribution in [0.5, 0.6) is 0 Å². The second-order valence-electron chi connectivity index (χ2n) is 5.61. The molecule has 0 atom stereocenters. The number of amides is 1. The molecule has 0 saturated heterocycles. The number of hydrogen-bond acceptors (Lipinski definition) is 4. The van der Waals surface area contributed by atoms with Gasteiger partial charge in [0.15, 0.2) is 0 Å². The van der Waals surface area contributed by atoms with Gasteiger partial charge in [-0.2, -0.15) is 0 Å². The number of nitrogens with zero attached hydrogens (tertiary/aromatic N) is 1. The molecule has 0 unspecified atom stereocenters. The SMILES string of the molecule is O=C(NCCCc1ccccc1)c1ccccc1SCc1cscn1. The standard InChI is InChI=1S/C20H20N2OS2/c23-20(21-12-6-9-16-7-2-1-3-8-16)18-10-4-5-11-19(18)25-14-17-13-24-15-22-17/h1-5,7-8,10-11,13,15H,6,9,12,14H2,(H,21,23). The zero-order valence-corrected chi connectivity index (χ0v) is 15.5. The van der Waals surface area contributed by atoms with E-state index in [1.54, 1.807) is 23.1 Å². The molecule has 128 valence electrons. The molecule has 3 aromatic rings. The van der Waals surface area contributed by atoms with Gasteiger partial charge in [0.2, 0.25) is 0 Å². The van der Waals surface area contributed by atoms with Gasteiger partial charge in [-0.05, 0) is 30.5 Å². The zero-order chi connectivity index (χ0) is 17.3. The molecule has 3 rings (SSSR count). The molecule has 0 saturated carbocycles. The number of thioether (sulfide) groups is 1. The quantitative estimate of drug-likeness (QED) is 0.459. The minimum absolute atomic E-state index is 0.00515. The van der Waals surface area contributed by atoms with Crippen LogP contribution in [0.2, 0.25) is 0 Å². The van der Waals surface area contributed by atoms with Crippen LogP contribution < -0.4 is 5.32 Å². The van der Waals surface area contributed by atoms with Gasteiger partial charge in [0.25, 0.3) is 5.91 Å². The Morgan fingerprint density at radius 1 is 1.08 bits per heavy atom. The molecule has 0 aliphatic heterocycles. The number of carbonyl (C=O) groups is 1. The van der Waals surface area contributed by atoms with Gasteiger partial charge in [0.05, 0.1) is 16.8 Å². The lowest BCUT2D eigenvalue weighted by molar-refractivity contribution is 0.0950. The van der Waals surface area contributed by atoms with E-state index in [-0.39, 0.29) is 5.91 Å². The van der Waals surface area contributed by atoms with Crippen molar-refractivity contribution in [1.29, 1.82) is 0 Å². The number of aryl methyl sites for hydroxylation is 1. The maximum atomic E-state index is 12.5. The van der Waals surface area contributed by atoms with E-state index in [0.717, 1.165) is 34.7 Å². The number of hydrogen-bond donors (Lipinski definition) is 1. The monoisotopic (exact) mass is 368 g/mol. The van der Waals surface area contributed by atoms with Gasteiger partial charge >= 0.3 is 0 Å². The van der Waals surface area contributed by atoms with Crippen molar-refractivity contribution in [2.75, 3.05) is 6.54 Å². The second-order valence-corrected chi connectivity index (χ2v) is 7.35. The molecule has 1 aromatic heterocycles. The highest BCUT2D eigenvalue weighted by Gasteiger charge is 2.11. The number of rotatable bonds is 8. The van der Waals surface area contributed by atoms with Crippen LogP contribution in [0.15, 0.2) is 70.4 Å². The average Bonchev–Trinajstić information content (AvgIpc) is 3.18. The van der Waals surface area contributed by atoms with Gasteiger partial charge in [0.1, 0.15) is 0 Å². The van der Waals surface area contributed by atoms with E-state index in [9.17, 15) is 4.79 Å². The highest BCUT2D eigenvalue weighted by Crippen LogP contribution is 2.26. The van der Waals surface area contributed by atoms with Crippen LogP contribution in [0, 0.1) is 0 Å². The summed E-state index contributed by atoms with van der Waals surface area (Å²) in [6.07, 6.45) is 1.91. The first-order valence-electron chi connectivity index (χ1n) is 8.24. The summed E-state index contributed by atoms with van der Waals surface area (Å²) >= 11 is 3.25. The molecule has 0 aliphatic carbocycles. The Bertz CT molecular complexity index is 788. The summed E-state index contributed by atoms with van der Waals surface area (Å²) in [6, 6.07) is 18.1. The van der Waals surface area contributed by atoms with Crippen molar-refractivity contribution in [3.8, 4) is 0 Å². The summed E-state index contributed by atoms with van der Waals surface area (Å²) in [5.41, 5.74) is 4.92. The van der Waals surface area contributed by atoms with E-state index in [1.807, 2.05) is 53.4 Å². The number of carbonyl (C=O) groups excluding carboxylic acids is 1. The van der Waals surface area contributed by atoms with E-state index in [0.29, 0.717) is 6.54 Å². The Kier molecular flexibility index (Phi) is 6.65. The van der Waals surface area contributed by atoms with E-state index in [1.165, 1.54) is 5.56 Å². The van der Waals surface area contributed by atoms with Crippen molar-refractivity contribution in [1.82, 2.24) is 10.3 Å². The lowest BCUT2D eigenvalue weighted by Gasteiger charge is -2.09. The minimum Gasteiger partial charge on any atom is -0.352 e. The second kappa shape index (κ2) is 9.39. The summed E-state index contributed by atoms with van der Waals surface area (Å²) in [4.78, 5) is 17.8. The van der Waals surface area contributed by atoms with Gasteiger partial charge in [-0.25, -0.2) is 4.98 Å². The highest BCUT2D eigenvalue weighted by molar-refractivity contribution is 7.98. The molecular formula is C20H20N2OS2. The van der Waals surface area contributed by atoms with E-state index < -0.39 is 0 Å². The number of benzene rings is 2. The van der Waals surface area contributed by atoms with Crippen molar-refractivity contribution in [2.45, 2.75) is 23.5 Å². The molecule has 1 heterocycles. The Morgan fingerprint density at radius 3 is 2.68 bits per heavy atom. The summed E-state index contributed by atoms with van der Waals surface area (Å²) in [5.74, 6) is 0.774. The first-order chi connectivity index (χ1) is 12.3. The first-order valence-corrected chi connectivity index (χ1v) is 10.2. The molecule has 3 nitrogen and oxygen atoms in total. The fourth-order valence-electron chi connectivity index (χ4n) is 2.47. The molecule has 0 radical (unpaired) electrons. The first kappa shape index (κ1) is 17.7. The Morgan fingerprint density at radius 2 is 1.88 bits per heavy atom. The molecule has 25 heavy (non-hydrogen) atoms. The topological polar surface area (TPSA) is 42.0 Å². The zero-order valence-electron chi connectivity index (χ0n) is 13.9. The number of aromatic nitrogens is 1. The Balaban J connectivity index is 1.51. The number of thiazole rings is 1. The van der Waals surface area contributed by atoms with E-state index in [2.05, 4.69) is 22.4 Å². The smallest absolute Gasteiger partial charge is 0.252 e. The van der Waals surface area contributed by atoms with Crippen molar-refractivity contribution in [3.05, 3.63) is 82.3 Å². The average molecular weight is 369 g/mol. The summed E-state index contributed by atoms with van der Waals surface area (Å²) in [7, 11) is 0. The third kappa shape index (κ3) is 5.44. The molecule has 0 aliphatic rings. The van der Waals surface area contributed by atoms with Gasteiger partial charge in [0, 0.05) is 22.6 Å². The van der Waals surface area contributed by atoms with Gasteiger partial charge in [-0.15, -0.1) is 23.1 Å². The molecule has 1 N–H and O–H groups in total. The number of nitrogens with one attached hydrogen (secondary N) is 1. The van der Waals surface area contributed by atoms with Crippen LogP contribution in [0.3, 0.4) is 0 Å². The predicted molar refractivity (Wildman–Crippen MR) is 105 cm³/mol. The fourth-order valence-corrected chi connectivity index (χ4v) is 4.09. The lowest BCUT2D eigenvalue weighted by Crippen LogP contribution is -2.25. The summed E-state index contributed by atoms with van der Waals surface area (Å²) < 4.78 is 0. The maximum Gasteiger partial charge on any atom is 0.252 e. The van der Waals surface area contributed by atoms with Crippen LogP contribution in [0.25, 0.3) is 0 Å². The molecule has 0 fully saturated rings. The lowest BCUT2D eigenvalue weighted by atomic mass is 10.1. The maximum absolute atomic E-state index is 12.5. The Labute approximate surface area is 156 Å². The summed E-state index contributed by atoms with van der Waals surface area (Å²) in [5, 5.41) is 5.08. The highest BCUT2D eigenvalue weighted by atomic mass is 32.2. The van der Waals surface area contributed by atoms with Crippen LogP contribution in [0.1, 0.15) is 28.0 Å². The third-order valence-electron chi connectivity index (χ3n) is 3.76. The molecular weight excluding hydrogens is 348 g/mol. The van der Waals surface area contributed by atoms with E-state index >= 15 is 0 Å². The molecule has 0 bridgehead atoms. The molecule has 2 aromatic carbocycles. The molecule has 5 heteroatoms. The van der Waals surface area contributed by atoms with Crippen molar-refractivity contribution >= 4 is 29.0 Å². The largest absolute Gasteiger partial charge is 0.352 e. The van der Waals surface area contributed by atoms with Crippen LogP contribution in [0.4, 0.5) is 0 Å². The van der Waals surface area contributed by atoms with Crippen molar-refractivity contribution in [3.63, 3.8) is 0 Å². The van der Waals surface area contributed by atoms with Crippen LogP contribution >= 0.6 is 23.1 Å². The molecule has 1 amide bonds. The van der Waals surface area contributed by atoms with Crippen molar-refractivity contribution in [2.24, 2.45) is 0 Å². The normalized spacial score (nSPS) is 10.6. The van der Waals surface area contributed by atoms with E-state index in [4.69, 9.17) is 0 Å². The predicted octanol–water partition coefficient (Wildman–Crippen LogP) is 4.80. The Hall–Kier alpha value is -2.11. The molecule has 0 spiro atoms. The van der Waals surface area contributed by atoms with Gasteiger partial charge < -0.3 is 5.32 Å². The minimum atomic E-state index is -0.00515. The van der Waals surface area contributed by atoms with Gasteiger partial charge in [-0.1, -0.05) is 42.5 Å². The van der Waals surface area contributed by atoms with Crippen LogP contribution in [-0.4, -0.2) is 17.4 Å². The van der Waals surface area contributed by atoms with Gasteiger partial charge in [-0.3, -0.25) is 4.79 Å². The van der Waals surface area contributed by atoms with Crippen LogP contribution in [-0.2, 0) is 12.2 Å². The third-order valence-corrected chi connectivity index (χ3v) is 5.50. The van der Waals surface area contributed by atoms with Crippen molar-refractivity contribution < 1.29 is 4.79 Å².